The Hall–Kier alpha value is -1.60. The Morgan fingerprint density at radius 1 is 1.33 bits per heavy atom. The van der Waals surface area contributed by atoms with E-state index in [-0.39, 0.29) is 11.6 Å². The van der Waals surface area contributed by atoms with Crippen molar-refractivity contribution >= 4 is 33.6 Å². The second-order valence-corrected chi connectivity index (χ2v) is 5.20. The van der Waals surface area contributed by atoms with Gasteiger partial charge in [-0.3, -0.25) is 0 Å². The molecular weight excluding hydrogens is 340 g/mol. The Kier molecular flexibility index (Phi) is 7.78. The molecule has 0 saturated carbocycles. The van der Waals surface area contributed by atoms with Gasteiger partial charge in [-0.05, 0) is 47.0 Å². The van der Waals surface area contributed by atoms with Crippen molar-refractivity contribution in [1.82, 2.24) is 5.32 Å². The van der Waals surface area contributed by atoms with Crippen LogP contribution in [0.25, 0.3) is 0 Å². The Morgan fingerprint density at radius 3 is 2.71 bits per heavy atom. The van der Waals surface area contributed by atoms with Crippen LogP contribution in [0.2, 0.25) is 0 Å². The normalized spacial score (nSPS) is 10.2. The molecule has 0 unspecified atom stereocenters. The Balaban J connectivity index is 2.36. The van der Waals surface area contributed by atoms with Crippen molar-refractivity contribution in [1.29, 1.82) is 0 Å². The van der Waals surface area contributed by atoms with Crippen LogP contribution in [-0.4, -0.2) is 36.9 Å². The largest absolute Gasteiger partial charge is 0.478 e. The molecule has 0 saturated heterocycles. The molecule has 0 fully saturated rings. The Bertz CT molecular complexity index is 494. The highest BCUT2D eigenvalue weighted by Crippen LogP contribution is 2.23. The fourth-order valence-corrected chi connectivity index (χ4v) is 2.02. The molecule has 2 amide bonds. The van der Waals surface area contributed by atoms with E-state index in [0.29, 0.717) is 23.3 Å². The van der Waals surface area contributed by atoms with Crippen molar-refractivity contribution in [3.63, 3.8) is 0 Å². The SMILES string of the molecule is CCCOCCCNC(=O)Nc1ccc(C(=O)O)cc1Br. The van der Waals surface area contributed by atoms with Gasteiger partial charge in [0.25, 0.3) is 0 Å². The quantitative estimate of drug-likeness (QED) is 0.623. The van der Waals surface area contributed by atoms with Gasteiger partial charge in [0.1, 0.15) is 0 Å². The van der Waals surface area contributed by atoms with Crippen LogP contribution in [0.1, 0.15) is 30.1 Å². The number of benzene rings is 1. The number of aromatic carboxylic acids is 1. The number of amides is 2. The molecule has 0 atom stereocenters. The summed E-state index contributed by atoms with van der Waals surface area (Å²) in [6.07, 6.45) is 1.72. The summed E-state index contributed by atoms with van der Waals surface area (Å²) in [6.45, 7) is 3.90. The third-order valence-corrected chi connectivity index (χ3v) is 3.22. The molecule has 1 aromatic rings. The number of urea groups is 1. The van der Waals surface area contributed by atoms with Crippen LogP contribution in [0, 0.1) is 0 Å². The van der Waals surface area contributed by atoms with Crippen molar-refractivity contribution in [2.24, 2.45) is 0 Å². The minimum Gasteiger partial charge on any atom is -0.478 e. The first kappa shape index (κ1) is 17.5. The predicted octanol–water partition coefficient (Wildman–Crippen LogP) is 3.09. The molecule has 3 N–H and O–H groups in total. The van der Waals surface area contributed by atoms with Gasteiger partial charge in [0.05, 0.1) is 11.3 Å². The average molecular weight is 359 g/mol. The molecule has 0 bridgehead atoms. The van der Waals surface area contributed by atoms with Gasteiger partial charge in [-0.2, -0.15) is 0 Å². The van der Waals surface area contributed by atoms with Crippen molar-refractivity contribution in [3.05, 3.63) is 28.2 Å². The third kappa shape index (κ3) is 6.59. The van der Waals surface area contributed by atoms with Crippen LogP contribution in [-0.2, 0) is 4.74 Å². The lowest BCUT2D eigenvalue weighted by Gasteiger charge is -2.09. The lowest BCUT2D eigenvalue weighted by molar-refractivity contribution is 0.0697. The van der Waals surface area contributed by atoms with E-state index in [1.165, 1.54) is 18.2 Å². The van der Waals surface area contributed by atoms with Gasteiger partial charge in [0, 0.05) is 24.2 Å². The van der Waals surface area contributed by atoms with Gasteiger partial charge in [-0.25, -0.2) is 9.59 Å². The average Bonchev–Trinajstić information content (AvgIpc) is 2.44. The highest BCUT2D eigenvalue weighted by molar-refractivity contribution is 9.10. The van der Waals surface area contributed by atoms with E-state index >= 15 is 0 Å². The number of carbonyl (C=O) groups excluding carboxylic acids is 1. The van der Waals surface area contributed by atoms with Gasteiger partial charge in [0.15, 0.2) is 0 Å². The summed E-state index contributed by atoms with van der Waals surface area (Å²) in [5.74, 6) is -1.02. The molecule has 0 aliphatic rings. The van der Waals surface area contributed by atoms with Gasteiger partial charge >= 0.3 is 12.0 Å². The number of halogens is 1. The lowest BCUT2D eigenvalue weighted by atomic mass is 10.2. The zero-order chi connectivity index (χ0) is 15.7. The van der Waals surface area contributed by atoms with Gasteiger partial charge in [0.2, 0.25) is 0 Å². The van der Waals surface area contributed by atoms with Crippen LogP contribution in [0.15, 0.2) is 22.7 Å². The molecule has 0 spiro atoms. The van der Waals surface area contributed by atoms with Crippen LogP contribution >= 0.6 is 15.9 Å². The van der Waals surface area contributed by atoms with Crippen LogP contribution < -0.4 is 10.6 Å². The summed E-state index contributed by atoms with van der Waals surface area (Å²) >= 11 is 3.23. The van der Waals surface area contributed by atoms with Gasteiger partial charge < -0.3 is 20.5 Å². The van der Waals surface area contributed by atoms with Crippen LogP contribution in [0.4, 0.5) is 10.5 Å². The van der Waals surface area contributed by atoms with E-state index < -0.39 is 5.97 Å². The maximum absolute atomic E-state index is 11.7. The molecule has 6 nitrogen and oxygen atoms in total. The second kappa shape index (κ2) is 9.36. The number of ether oxygens (including phenoxy) is 1. The minimum absolute atomic E-state index is 0.154. The summed E-state index contributed by atoms with van der Waals surface area (Å²) in [7, 11) is 0. The minimum atomic E-state index is -1.02. The third-order valence-electron chi connectivity index (χ3n) is 2.56. The first-order valence-corrected chi connectivity index (χ1v) is 7.49. The number of carboxylic acids is 1. The molecule has 0 heterocycles. The molecule has 0 aliphatic heterocycles. The number of rotatable bonds is 8. The summed E-state index contributed by atoms with van der Waals surface area (Å²) in [5, 5.41) is 14.2. The summed E-state index contributed by atoms with van der Waals surface area (Å²) in [6, 6.07) is 4.07. The van der Waals surface area contributed by atoms with Crippen molar-refractivity contribution in [3.8, 4) is 0 Å². The van der Waals surface area contributed by atoms with Gasteiger partial charge in [-0.15, -0.1) is 0 Å². The fourth-order valence-electron chi connectivity index (χ4n) is 1.54. The molecule has 1 aromatic carbocycles. The standard InChI is InChI=1S/C14H19BrN2O4/c1-2-7-21-8-3-6-16-14(20)17-12-5-4-10(13(18)19)9-11(12)15/h4-5,9H,2-3,6-8H2,1H3,(H,18,19)(H2,16,17,20). The maximum Gasteiger partial charge on any atom is 0.335 e. The molecule has 0 aromatic heterocycles. The number of anilines is 1. The highest BCUT2D eigenvalue weighted by Gasteiger charge is 2.08. The molecule has 0 radical (unpaired) electrons. The number of carboxylic acid groups (broad SMARTS) is 1. The smallest absolute Gasteiger partial charge is 0.335 e. The zero-order valence-electron chi connectivity index (χ0n) is 11.8. The van der Waals surface area contributed by atoms with Gasteiger partial charge in [-0.1, -0.05) is 6.92 Å². The number of carbonyl (C=O) groups is 2. The molecule has 116 valence electrons. The Morgan fingerprint density at radius 2 is 2.10 bits per heavy atom. The summed E-state index contributed by atoms with van der Waals surface area (Å²) < 4.78 is 5.82. The number of hydrogen-bond donors (Lipinski definition) is 3. The molecule has 21 heavy (non-hydrogen) atoms. The topological polar surface area (TPSA) is 87.7 Å². The second-order valence-electron chi connectivity index (χ2n) is 4.35. The maximum atomic E-state index is 11.7. The van der Waals surface area contributed by atoms with Crippen LogP contribution in [0.5, 0.6) is 0 Å². The van der Waals surface area contributed by atoms with E-state index in [1.807, 2.05) is 6.92 Å². The monoisotopic (exact) mass is 358 g/mol. The zero-order valence-corrected chi connectivity index (χ0v) is 13.4. The highest BCUT2D eigenvalue weighted by atomic mass is 79.9. The van der Waals surface area contributed by atoms with E-state index in [1.54, 1.807) is 0 Å². The van der Waals surface area contributed by atoms with E-state index in [4.69, 9.17) is 9.84 Å². The molecule has 1 rings (SSSR count). The Labute approximate surface area is 132 Å². The van der Waals surface area contributed by atoms with E-state index in [0.717, 1.165) is 19.4 Å². The van der Waals surface area contributed by atoms with Crippen LogP contribution in [0.3, 0.4) is 0 Å². The van der Waals surface area contributed by atoms with E-state index in [2.05, 4.69) is 26.6 Å². The summed E-state index contributed by atoms with van der Waals surface area (Å²) in [4.78, 5) is 22.5. The molecule has 0 aliphatic carbocycles. The van der Waals surface area contributed by atoms with Crippen molar-refractivity contribution in [2.75, 3.05) is 25.1 Å². The first-order valence-electron chi connectivity index (χ1n) is 6.70. The fraction of sp³-hybridized carbons (Fsp3) is 0.429. The van der Waals surface area contributed by atoms with E-state index in [9.17, 15) is 9.59 Å². The summed E-state index contributed by atoms with van der Waals surface area (Å²) in [5.41, 5.74) is 0.667. The predicted molar refractivity (Wildman–Crippen MR) is 83.8 cm³/mol. The van der Waals surface area contributed by atoms with Crippen molar-refractivity contribution in [2.45, 2.75) is 19.8 Å². The lowest BCUT2D eigenvalue weighted by Crippen LogP contribution is -2.30. The molecular formula is C14H19BrN2O4. The molecule has 7 heteroatoms. The van der Waals surface area contributed by atoms with Crippen molar-refractivity contribution < 1.29 is 19.4 Å². The number of hydrogen-bond acceptors (Lipinski definition) is 3. The number of nitrogens with one attached hydrogen (secondary N) is 2. The first-order chi connectivity index (χ1) is 10.0.